The second-order valence-corrected chi connectivity index (χ2v) is 6.77. The van der Waals surface area contributed by atoms with Crippen LogP contribution in [0.1, 0.15) is 23.9 Å². The van der Waals surface area contributed by atoms with Crippen molar-refractivity contribution in [2.45, 2.75) is 38.1 Å². The van der Waals surface area contributed by atoms with Crippen LogP contribution >= 0.6 is 0 Å². The predicted molar refractivity (Wildman–Crippen MR) is 77.9 cm³/mol. The Labute approximate surface area is 123 Å². The summed E-state index contributed by atoms with van der Waals surface area (Å²) in [5.74, 6) is -0.309. The van der Waals surface area contributed by atoms with Gasteiger partial charge in [0.15, 0.2) is 0 Å². The summed E-state index contributed by atoms with van der Waals surface area (Å²) in [5, 5.41) is 6.56. The van der Waals surface area contributed by atoms with Crippen molar-refractivity contribution >= 4 is 10.0 Å². The smallest absolute Gasteiger partial charge is 0.244 e. The van der Waals surface area contributed by atoms with Crippen LogP contribution < -0.4 is 4.72 Å². The average Bonchev–Trinajstić information content (AvgIpc) is 2.71. The lowest BCUT2D eigenvalue weighted by Gasteiger charge is -2.14. The SMILES string of the molecule is Cc1n[nH]c(C)c1S(=O)(=O)NC(C)Cc1ccc(F)cc1. The molecule has 1 aromatic heterocycles. The molecular formula is C14H18FN3O2S. The number of hydrogen-bond acceptors (Lipinski definition) is 3. The number of sulfonamides is 1. The Morgan fingerprint density at radius 1 is 1.29 bits per heavy atom. The normalized spacial score (nSPS) is 13.3. The maximum Gasteiger partial charge on any atom is 0.244 e. The molecule has 21 heavy (non-hydrogen) atoms. The molecule has 2 aromatic rings. The Balaban J connectivity index is 2.11. The molecular weight excluding hydrogens is 293 g/mol. The van der Waals surface area contributed by atoms with Gasteiger partial charge in [-0.25, -0.2) is 17.5 Å². The van der Waals surface area contributed by atoms with Crippen LogP contribution in [-0.2, 0) is 16.4 Å². The van der Waals surface area contributed by atoms with E-state index in [1.807, 2.05) is 0 Å². The third-order valence-electron chi connectivity index (χ3n) is 3.14. The Morgan fingerprint density at radius 2 is 1.90 bits per heavy atom. The quantitative estimate of drug-likeness (QED) is 0.887. The summed E-state index contributed by atoms with van der Waals surface area (Å²) in [6.07, 6.45) is 0.482. The van der Waals surface area contributed by atoms with Gasteiger partial charge in [-0.1, -0.05) is 12.1 Å². The molecule has 0 aliphatic rings. The molecule has 0 radical (unpaired) electrons. The van der Waals surface area contributed by atoms with Crippen molar-refractivity contribution < 1.29 is 12.8 Å². The highest BCUT2D eigenvalue weighted by Crippen LogP contribution is 2.17. The number of halogens is 1. The van der Waals surface area contributed by atoms with Gasteiger partial charge in [0, 0.05) is 6.04 Å². The van der Waals surface area contributed by atoms with Gasteiger partial charge in [-0.2, -0.15) is 5.10 Å². The van der Waals surface area contributed by atoms with Crippen molar-refractivity contribution in [2.24, 2.45) is 0 Å². The minimum absolute atomic E-state index is 0.188. The molecule has 0 aliphatic carbocycles. The molecule has 114 valence electrons. The first-order valence-corrected chi connectivity index (χ1v) is 8.06. The first-order chi connectivity index (χ1) is 9.79. The van der Waals surface area contributed by atoms with Gasteiger partial charge in [0.05, 0.1) is 11.4 Å². The largest absolute Gasteiger partial charge is 0.281 e. The number of nitrogens with one attached hydrogen (secondary N) is 2. The molecule has 1 aromatic carbocycles. The zero-order valence-electron chi connectivity index (χ0n) is 12.1. The Bertz CT molecular complexity index is 704. The molecule has 0 bridgehead atoms. The number of nitrogens with zero attached hydrogens (tertiary/aromatic N) is 1. The highest BCUT2D eigenvalue weighted by molar-refractivity contribution is 7.89. The number of hydrogen-bond donors (Lipinski definition) is 2. The monoisotopic (exact) mass is 311 g/mol. The Kier molecular flexibility index (Phi) is 4.43. The van der Waals surface area contributed by atoms with Gasteiger partial charge in [-0.05, 0) is 44.9 Å². The van der Waals surface area contributed by atoms with Crippen molar-refractivity contribution in [3.63, 3.8) is 0 Å². The summed E-state index contributed by atoms with van der Waals surface area (Å²) in [4.78, 5) is 0.188. The summed E-state index contributed by atoms with van der Waals surface area (Å²) in [6, 6.07) is 5.71. The molecule has 0 saturated carbocycles. The van der Waals surface area contributed by atoms with Crippen LogP contribution in [0.3, 0.4) is 0 Å². The fourth-order valence-electron chi connectivity index (χ4n) is 2.28. The summed E-state index contributed by atoms with van der Waals surface area (Å²) in [7, 11) is -3.62. The minimum Gasteiger partial charge on any atom is -0.281 e. The lowest BCUT2D eigenvalue weighted by atomic mass is 10.1. The molecule has 2 rings (SSSR count). The topological polar surface area (TPSA) is 74.8 Å². The summed E-state index contributed by atoms with van der Waals surface area (Å²) >= 11 is 0. The molecule has 2 N–H and O–H groups in total. The predicted octanol–water partition coefficient (Wildman–Crippen LogP) is 2.08. The highest BCUT2D eigenvalue weighted by Gasteiger charge is 2.24. The third kappa shape index (κ3) is 3.68. The van der Waals surface area contributed by atoms with E-state index in [1.54, 1.807) is 32.9 Å². The van der Waals surface area contributed by atoms with E-state index in [2.05, 4.69) is 14.9 Å². The van der Waals surface area contributed by atoms with Gasteiger partial charge in [0.2, 0.25) is 10.0 Å². The standard InChI is InChI=1S/C14H18FN3O2S/c1-9(8-12-4-6-13(15)7-5-12)18-21(19,20)14-10(2)16-17-11(14)3/h4-7,9,18H,8H2,1-3H3,(H,16,17). The number of aryl methyl sites for hydroxylation is 2. The maximum absolute atomic E-state index is 12.8. The number of H-pyrrole nitrogens is 1. The molecule has 0 saturated heterocycles. The molecule has 1 unspecified atom stereocenters. The fourth-order valence-corrected chi connectivity index (χ4v) is 3.89. The van der Waals surface area contributed by atoms with Gasteiger partial charge < -0.3 is 0 Å². The molecule has 7 heteroatoms. The first-order valence-electron chi connectivity index (χ1n) is 6.58. The van der Waals surface area contributed by atoms with Crippen LogP contribution in [0.5, 0.6) is 0 Å². The molecule has 1 heterocycles. The average molecular weight is 311 g/mol. The van der Waals surface area contributed by atoms with Gasteiger partial charge in [0.1, 0.15) is 10.7 Å². The lowest BCUT2D eigenvalue weighted by molar-refractivity contribution is 0.558. The number of rotatable bonds is 5. The summed E-state index contributed by atoms with van der Waals surface area (Å²) < 4.78 is 40.2. The highest BCUT2D eigenvalue weighted by atomic mass is 32.2. The zero-order valence-corrected chi connectivity index (χ0v) is 13.0. The lowest BCUT2D eigenvalue weighted by Crippen LogP contribution is -2.34. The van der Waals surface area contributed by atoms with Gasteiger partial charge >= 0.3 is 0 Å². The Morgan fingerprint density at radius 3 is 2.43 bits per heavy atom. The molecule has 0 spiro atoms. The van der Waals surface area contributed by atoms with Crippen LogP contribution in [0.2, 0.25) is 0 Å². The van der Waals surface area contributed by atoms with E-state index in [0.717, 1.165) is 5.56 Å². The second kappa shape index (κ2) is 5.95. The van der Waals surface area contributed by atoms with Gasteiger partial charge in [0.25, 0.3) is 0 Å². The summed E-state index contributed by atoms with van der Waals surface area (Å²) in [5.41, 5.74) is 1.82. The van der Waals surface area contributed by atoms with Crippen molar-refractivity contribution in [1.29, 1.82) is 0 Å². The third-order valence-corrected chi connectivity index (χ3v) is 4.99. The Hall–Kier alpha value is -1.73. The first kappa shape index (κ1) is 15.7. The van der Waals surface area contributed by atoms with E-state index in [-0.39, 0.29) is 16.8 Å². The maximum atomic E-state index is 12.8. The number of aromatic amines is 1. The molecule has 0 amide bonds. The summed E-state index contributed by atoms with van der Waals surface area (Å²) in [6.45, 7) is 5.08. The van der Waals surface area contributed by atoms with Gasteiger partial charge in [-0.3, -0.25) is 5.10 Å². The van der Waals surface area contributed by atoms with E-state index in [9.17, 15) is 12.8 Å². The van der Waals surface area contributed by atoms with E-state index in [4.69, 9.17) is 0 Å². The van der Waals surface area contributed by atoms with Crippen molar-refractivity contribution in [2.75, 3.05) is 0 Å². The molecule has 1 atom stereocenters. The van der Waals surface area contributed by atoms with E-state index in [1.165, 1.54) is 12.1 Å². The molecule has 5 nitrogen and oxygen atoms in total. The van der Waals surface area contributed by atoms with Crippen LogP contribution in [0.25, 0.3) is 0 Å². The minimum atomic E-state index is -3.62. The molecule has 0 aliphatic heterocycles. The molecule has 0 fully saturated rings. The van der Waals surface area contributed by atoms with E-state index in [0.29, 0.717) is 17.8 Å². The van der Waals surface area contributed by atoms with Crippen LogP contribution in [-0.4, -0.2) is 24.7 Å². The van der Waals surface area contributed by atoms with E-state index >= 15 is 0 Å². The van der Waals surface area contributed by atoms with Crippen LogP contribution in [0.4, 0.5) is 4.39 Å². The second-order valence-electron chi connectivity index (χ2n) is 5.12. The zero-order chi connectivity index (χ0) is 15.6. The fraction of sp³-hybridized carbons (Fsp3) is 0.357. The van der Waals surface area contributed by atoms with Crippen LogP contribution in [0.15, 0.2) is 29.2 Å². The number of benzene rings is 1. The van der Waals surface area contributed by atoms with Crippen molar-refractivity contribution in [3.05, 3.63) is 47.0 Å². The van der Waals surface area contributed by atoms with Gasteiger partial charge in [-0.15, -0.1) is 0 Å². The van der Waals surface area contributed by atoms with Crippen LogP contribution in [0, 0.1) is 19.7 Å². The number of aromatic nitrogens is 2. The van der Waals surface area contributed by atoms with Crippen molar-refractivity contribution in [1.82, 2.24) is 14.9 Å². The van der Waals surface area contributed by atoms with E-state index < -0.39 is 10.0 Å². The van der Waals surface area contributed by atoms with Crippen molar-refractivity contribution in [3.8, 4) is 0 Å².